The fourth-order valence-electron chi connectivity index (χ4n) is 2.05. The number of hydrogen-bond acceptors (Lipinski definition) is 6. The zero-order valence-corrected chi connectivity index (χ0v) is 9.64. The summed E-state index contributed by atoms with van der Waals surface area (Å²) in [4.78, 5) is 10.5. The summed E-state index contributed by atoms with van der Waals surface area (Å²) in [6.45, 7) is 8.19. The highest BCUT2D eigenvalue weighted by atomic mass is 16.6. The summed E-state index contributed by atoms with van der Waals surface area (Å²) in [7, 11) is 0. The first kappa shape index (κ1) is 12.1. The molecule has 0 radical (unpaired) electrons. The summed E-state index contributed by atoms with van der Waals surface area (Å²) in [5.41, 5.74) is -1.36. The van der Waals surface area contributed by atoms with Crippen LogP contribution in [-0.2, 0) is 0 Å². The van der Waals surface area contributed by atoms with E-state index in [0.717, 1.165) is 10.1 Å². The van der Waals surface area contributed by atoms with Crippen molar-refractivity contribution < 1.29 is 10.4 Å². The average Bonchev–Trinajstić information content (AvgIpc) is 2.25. The second-order valence-electron chi connectivity index (χ2n) is 4.70. The van der Waals surface area contributed by atoms with E-state index in [0.29, 0.717) is 5.70 Å². The molecule has 15 heavy (non-hydrogen) atoms. The SMILES string of the molecule is C/C(N=O)=C1/N(O)C(C)(C)N(O)C1(C)C. The summed E-state index contributed by atoms with van der Waals surface area (Å²) in [6, 6.07) is 0. The molecule has 1 rings (SSSR count). The van der Waals surface area contributed by atoms with Gasteiger partial charge in [0.25, 0.3) is 0 Å². The lowest BCUT2D eigenvalue weighted by atomic mass is 10.0. The minimum Gasteiger partial charge on any atom is -0.311 e. The Morgan fingerprint density at radius 2 is 1.73 bits per heavy atom. The summed E-state index contributed by atoms with van der Waals surface area (Å²) in [5, 5.41) is 24.5. The highest BCUT2D eigenvalue weighted by Gasteiger charge is 2.54. The van der Waals surface area contributed by atoms with Crippen LogP contribution in [0.25, 0.3) is 0 Å². The Morgan fingerprint density at radius 3 is 2.00 bits per heavy atom. The van der Waals surface area contributed by atoms with E-state index in [1.807, 2.05) is 0 Å². The number of allylic oxidation sites excluding steroid dienone is 1. The first-order valence-electron chi connectivity index (χ1n) is 4.70. The van der Waals surface area contributed by atoms with Gasteiger partial charge in [0.1, 0.15) is 11.4 Å². The second kappa shape index (κ2) is 3.26. The minimum absolute atomic E-state index is 0.159. The van der Waals surface area contributed by atoms with Crippen molar-refractivity contribution in [3.63, 3.8) is 0 Å². The third-order valence-corrected chi connectivity index (χ3v) is 2.84. The largest absolute Gasteiger partial charge is 0.311 e. The van der Waals surface area contributed by atoms with Gasteiger partial charge in [-0.25, -0.2) is 5.06 Å². The van der Waals surface area contributed by atoms with Crippen LogP contribution in [0.5, 0.6) is 0 Å². The van der Waals surface area contributed by atoms with E-state index in [1.165, 1.54) is 6.92 Å². The van der Waals surface area contributed by atoms with Crippen LogP contribution in [0.1, 0.15) is 34.6 Å². The van der Waals surface area contributed by atoms with Crippen molar-refractivity contribution in [2.24, 2.45) is 5.18 Å². The number of hydroxylamine groups is 4. The molecular formula is C9H17N3O3. The average molecular weight is 215 g/mol. The maximum atomic E-state index is 10.5. The van der Waals surface area contributed by atoms with Crippen molar-refractivity contribution in [1.82, 2.24) is 10.1 Å². The summed E-state index contributed by atoms with van der Waals surface area (Å²) >= 11 is 0. The highest BCUT2D eigenvalue weighted by Crippen LogP contribution is 2.43. The third kappa shape index (κ3) is 1.45. The Bertz CT molecular complexity index is 323. The predicted molar refractivity (Wildman–Crippen MR) is 53.9 cm³/mol. The second-order valence-corrected chi connectivity index (χ2v) is 4.70. The van der Waals surface area contributed by atoms with Crippen LogP contribution in [0, 0.1) is 4.91 Å². The molecule has 6 nitrogen and oxygen atoms in total. The maximum absolute atomic E-state index is 10.5. The molecule has 0 aromatic carbocycles. The molecule has 0 atom stereocenters. The van der Waals surface area contributed by atoms with Gasteiger partial charge in [0, 0.05) is 0 Å². The Hall–Kier alpha value is -0.980. The molecule has 1 aliphatic rings. The molecule has 2 N–H and O–H groups in total. The van der Waals surface area contributed by atoms with Crippen molar-refractivity contribution >= 4 is 0 Å². The van der Waals surface area contributed by atoms with Crippen molar-refractivity contribution in [3.8, 4) is 0 Å². The number of hydrogen-bond donors (Lipinski definition) is 2. The molecule has 0 aliphatic carbocycles. The lowest BCUT2D eigenvalue weighted by molar-refractivity contribution is -0.255. The lowest BCUT2D eigenvalue weighted by Gasteiger charge is -2.33. The Kier molecular flexibility index (Phi) is 2.63. The first-order chi connectivity index (χ1) is 6.67. The molecule has 0 bridgehead atoms. The standard InChI is InChI=1S/C9H17N3O3/c1-6(10-13)7-8(2,3)12(15)9(4,5)11(7)14/h14-15H,1-5H3/b7-6-. The number of nitroso groups, excluding NO2 is 1. The van der Waals surface area contributed by atoms with E-state index in [-0.39, 0.29) is 5.70 Å². The molecule has 0 aromatic heterocycles. The fraction of sp³-hybridized carbons (Fsp3) is 0.778. The molecule has 0 aromatic rings. The zero-order valence-electron chi connectivity index (χ0n) is 9.64. The molecule has 0 amide bonds. The molecule has 1 saturated heterocycles. The molecule has 1 heterocycles. The molecule has 1 fully saturated rings. The fourth-order valence-corrected chi connectivity index (χ4v) is 2.05. The third-order valence-electron chi connectivity index (χ3n) is 2.84. The van der Waals surface area contributed by atoms with E-state index in [1.54, 1.807) is 27.7 Å². The Balaban J connectivity index is 3.38. The normalized spacial score (nSPS) is 28.1. The quantitative estimate of drug-likeness (QED) is 0.653. The summed E-state index contributed by atoms with van der Waals surface area (Å²) in [5.74, 6) is 0. The molecule has 86 valence electrons. The molecule has 6 heteroatoms. The van der Waals surface area contributed by atoms with E-state index < -0.39 is 11.2 Å². The zero-order chi connectivity index (χ0) is 12.0. The van der Waals surface area contributed by atoms with Gasteiger partial charge < -0.3 is 5.21 Å². The van der Waals surface area contributed by atoms with Crippen LogP contribution in [0.2, 0.25) is 0 Å². The van der Waals surface area contributed by atoms with Gasteiger partial charge in [-0.05, 0) is 39.8 Å². The van der Waals surface area contributed by atoms with Gasteiger partial charge in [0.05, 0.1) is 11.2 Å². The molecule has 0 saturated carbocycles. The number of nitrogens with zero attached hydrogens (tertiary/aromatic N) is 3. The Morgan fingerprint density at radius 1 is 1.27 bits per heavy atom. The van der Waals surface area contributed by atoms with E-state index >= 15 is 0 Å². The van der Waals surface area contributed by atoms with Gasteiger partial charge in [-0.2, -0.15) is 5.06 Å². The number of rotatable bonds is 1. The van der Waals surface area contributed by atoms with Crippen LogP contribution in [0.15, 0.2) is 16.6 Å². The summed E-state index contributed by atoms with van der Waals surface area (Å²) in [6.07, 6.45) is 0. The van der Waals surface area contributed by atoms with Gasteiger partial charge in [0.15, 0.2) is 0 Å². The van der Waals surface area contributed by atoms with Gasteiger partial charge in [0.2, 0.25) is 0 Å². The summed E-state index contributed by atoms with van der Waals surface area (Å²) < 4.78 is 0. The molecular weight excluding hydrogens is 198 g/mol. The molecule has 0 unspecified atom stereocenters. The van der Waals surface area contributed by atoms with Crippen LogP contribution >= 0.6 is 0 Å². The molecule has 1 aliphatic heterocycles. The van der Waals surface area contributed by atoms with Crippen molar-refractivity contribution in [3.05, 3.63) is 16.3 Å². The van der Waals surface area contributed by atoms with Crippen molar-refractivity contribution in [1.29, 1.82) is 0 Å². The minimum atomic E-state index is -0.981. The topological polar surface area (TPSA) is 76.4 Å². The Labute approximate surface area is 88.7 Å². The predicted octanol–water partition coefficient (Wildman–Crippen LogP) is 1.90. The van der Waals surface area contributed by atoms with Gasteiger partial charge in [-0.3, -0.25) is 5.21 Å². The first-order valence-corrected chi connectivity index (χ1v) is 4.70. The smallest absolute Gasteiger partial charge is 0.136 e. The lowest BCUT2D eigenvalue weighted by Crippen LogP contribution is -2.49. The maximum Gasteiger partial charge on any atom is 0.136 e. The van der Waals surface area contributed by atoms with Gasteiger partial charge >= 0.3 is 0 Å². The monoisotopic (exact) mass is 215 g/mol. The van der Waals surface area contributed by atoms with Crippen molar-refractivity contribution in [2.75, 3.05) is 0 Å². The molecule has 0 spiro atoms. The van der Waals surface area contributed by atoms with Crippen molar-refractivity contribution in [2.45, 2.75) is 45.8 Å². The van der Waals surface area contributed by atoms with Crippen LogP contribution < -0.4 is 0 Å². The van der Waals surface area contributed by atoms with Crippen LogP contribution in [0.3, 0.4) is 0 Å². The van der Waals surface area contributed by atoms with Gasteiger partial charge in [-0.15, -0.1) is 4.91 Å². The van der Waals surface area contributed by atoms with E-state index in [9.17, 15) is 15.3 Å². The van der Waals surface area contributed by atoms with Crippen LogP contribution in [-0.4, -0.2) is 31.7 Å². The van der Waals surface area contributed by atoms with E-state index in [2.05, 4.69) is 5.18 Å². The highest BCUT2D eigenvalue weighted by molar-refractivity contribution is 5.26. The van der Waals surface area contributed by atoms with E-state index in [4.69, 9.17) is 0 Å². The van der Waals surface area contributed by atoms with Crippen LogP contribution in [0.4, 0.5) is 0 Å². The van der Waals surface area contributed by atoms with Gasteiger partial charge in [-0.1, -0.05) is 0 Å².